The molecule has 1 aliphatic rings. The number of methoxy groups -OCH3 is 1. The lowest BCUT2D eigenvalue weighted by atomic mass is 10.1. The molecule has 0 spiro atoms. The number of H-pyrrole nitrogens is 1. The zero-order valence-corrected chi connectivity index (χ0v) is 22.7. The van der Waals surface area contributed by atoms with Gasteiger partial charge in [0.05, 0.1) is 46.6 Å². The molecule has 2 heterocycles. The monoisotopic (exact) mass is 604 g/mol. The van der Waals surface area contributed by atoms with Crippen LogP contribution in [0, 0.1) is 0 Å². The zero-order chi connectivity index (χ0) is 29.7. The van der Waals surface area contributed by atoms with E-state index in [0.29, 0.717) is 22.6 Å². The van der Waals surface area contributed by atoms with Gasteiger partial charge in [0.1, 0.15) is 5.82 Å². The fourth-order valence-electron chi connectivity index (χ4n) is 3.55. The van der Waals surface area contributed by atoms with Crippen LogP contribution in [-0.4, -0.2) is 59.2 Å². The van der Waals surface area contributed by atoms with Crippen LogP contribution < -0.4 is 15.9 Å². The van der Waals surface area contributed by atoms with Gasteiger partial charge in [-0.25, -0.2) is 9.94 Å². The molecule has 0 atom stereocenters. The van der Waals surface area contributed by atoms with Crippen LogP contribution in [0.25, 0.3) is 11.8 Å². The molecule has 0 radical (unpaired) electrons. The fourth-order valence-corrected chi connectivity index (χ4v) is 4.39. The van der Waals surface area contributed by atoms with Crippen molar-refractivity contribution >= 4 is 63.8 Å². The summed E-state index contributed by atoms with van der Waals surface area (Å²) in [5, 5.41) is 22.3. The average Bonchev–Trinajstić information content (AvgIpc) is 3.41. The van der Waals surface area contributed by atoms with E-state index in [1.54, 1.807) is 12.1 Å². The van der Waals surface area contributed by atoms with Crippen molar-refractivity contribution in [1.29, 1.82) is 0 Å². The second-order valence-corrected chi connectivity index (χ2v) is 10.2. The third kappa shape index (κ3) is 6.60. The third-order valence-electron chi connectivity index (χ3n) is 5.29. The first-order chi connectivity index (χ1) is 19.5. The predicted octanol–water partition coefficient (Wildman–Crippen LogP) is 2.22. The molecule has 41 heavy (non-hydrogen) atoms. The molecule has 16 nitrogen and oxygen atoms in total. The standard InChI is InChI=1S/C23H20N6O10S2/c1-13(30)25-21-19(23(32)29(27-21)15-5-9-17(10-6-15)41(34,35)36)11-18-20(24-12-37-2)26-28(22(18)31)14-3-7-16(8-4-14)40-39-38-33/h3-12,27,33H,1-2H3,(H,25,30)(H,34,35,36)/b18-11-,24-12?. The van der Waals surface area contributed by atoms with E-state index in [1.165, 1.54) is 44.4 Å². The van der Waals surface area contributed by atoms with Gasteiger partial charge in [-0.05, 0) is 54.6 Å². The molecule has 2 amide bonds. The number of aliphatic imine (C=N–C) groups is 1. The van der Waals surface area contributed by atoms with Crippen molar-refractivity contribution in [2.75, 3.05) is 17.4 Å². The molecule has 2 aromatic carbocycles. The van der Waals surface area contributed by atoms with Crippen LogP contribution >= 0.6 is 12.0 Å². The highest BCUT2D eigenvalue weighted by atomic mass is 32.2. The number of carbonyl (C=O) groups is 2. The first-order valence-electron chi connectivity index (χ1n) is 11.2. The van der Waals surface area contributed by atoms with Crippen molar-refractivity contribution in [1.82, 2.24) is 9.78 Å². The first kappa shape index (κ1) is 29.4. The Morgan fingerprint density at radius 3 is 2.37 bits per heavy atom. The first-order valence-corrected chi connectivity index (χ1v) is 13.4. The van der Waals surface area contributed by atoms with E-state index >= 15 is 0 Å². The van der Waals surface area contributed by atoms with E-state index in [0.717, 1.165) is 28.2 Å². The molecule has 3 aromatic rings. The van der Waals surface area contributed by atoms with Crippen molar-refractivity contribution in [3.63, 3.8) is 0 Å². The van der Waals surface area contributed by atoms with E-state index in [4.69, 9.17) is 9.99 Å². The summed E-state index contributed by atoms with van der Waals surface area (Å²) in [5.41, 5.74) is -0.486. The number of amidine groups is 1. The van der Waals surface area contributed by atoms with Gasteiger partial charge in [-0.15, -0.1) is 9.44 Å². The number of carbonyl (C=O) groups excluding carboxylic acids is 2. The van der Waals surface area contributed by atoms with Gasteiger partial charge in [0.2, 0.25) is 5.91 Å². The van der Waals surface area contributed by atoms with Crippen LogP contribution in [0.2, 0.25) is 0 Å². The molecule has 0 saturated heterocycles. The van der Waals surface area contributed by atoms with E-state index in [1.807, 2.05) is 0 Å². The maximum Gasteiger partial charge on any atom is 0.294 e. The minimum Gasteiger partial charge on any atom is -0.486 e. The number of ether oxygens (including phenoxy) is 1. The second-order valence-electron chi connectivity index (χ2n) is 7.98. The summed E-state index contributed by atoms with van der Waals surface area (Å²) in [7, 11) is -3.13. The lowest BCUT2D eigenvalue weighted by Gasteiger charge is -2.11. The lowest BCUT2D eigenvalue weighted by Crippen LogP contribution is -2.22. The molecule has 4 N–H and O–H groups in total. The van der Waals surface area contributed by atoms with E-state index in [9.17, 15) is 27.4 Å². The number of hydrazone groups is 1. The van der Waals surface area contributed by atoms with Crippen molar-refractivity contribution < 1.29 is 41.9 Å². The average molecular weight is 605 g/mol. The molecule has 1 aliphatic heterocycles. The topological polar surface area (TPSA) is 214 Å². The Labute approximate surface area is 235 Å². The zero-order valence-electron chi connectivity index (χ0n) is 21.0. The van der Waals surface area contributed by atoms with Gasteiger partial charge >= 0.3 is 0 Å². The SMILES string of the molecule is COC=NC1=NN(c2ccc(SOOO)cc2)C(=O)/C1=C\c1c(NC(C)=O)[nH]n(-c2ccc(S(=O)(=O)O)cc2)c1=O. The number of nitrogens with zero attached hydrogens (tertiary/aromatic N) is 4. The summed E-state index contributed by atoms with van der Waals surface area (Å²) in [6.45, 7) is 1.21. The van der Waals surface area contributed by atoms with Gasteiger partial charge in [0, 0.05) is 11.8 Å². The quantitative estimate of drug-likeness (QED) is 0.0528. The molecule has 0 fully saturated rings. The van der Waals surface area contributed by atoms with Crippen molar-refractivity contribution in [2.45, 2.75) is 16.7 Å². The summed E-state index contributed by atoms with van der Waals surface area (Å²) in [5.74, 6) is -1.37. The largest absolute Gasteiger partial charge is 0.486 e. The second kappa shape index (κ2) is 12.3. The van der Waals surface area contributed by atoms with E-state index in [-0.39, 0.29) is 33.4 Å². The smallest absolute Gasteiger partial charge is 0.294 e. The number of aromatic amines is 1. The van der Waals surface area contributed by atoms with Gasteiger partial charge in [-0.1, -0.05) is 5.04 Å². The number of rotatable bonds is 9. The Morgan fingerprint density at radius 2 is 1.78 bits per heavy atom. The predicted molar refractivity (Wildman–Crippen MR) is 146 cm³/mol. The minimum absolute atomic E-state index is 0.0670. The van der Waals surface area contributed by atoms with Crippen molar-refractivity contribution in [3.05, 3.63) is 70.0 Å². The van der Waals surface area contributed by atoms with E-state index < -0.39 is 27.5 Å². The fraction of sp³-hybridized carbons (Fsp3) is 0.0870. The third-order valence-corrected chi connectivity index (χ3v) is 6.75. The Balaban J connectivity index is 1.78. The molecular formula is C23H20N6O10S2. The summed E-state index contributed by atoms with van der Waals surface area (Å²) < 4.78 is 42.2. The van der Waals surface area contributed by atoms with Gasteiger partial charge in [-0.3, -0.25) is 24.0 Å². The van der Waals surface area contributed by atoms with E-state index in [2.05, 4.69) is 29.9 Å². The normalized spacial score (nSPS) is 14.6. The molecule has 214 valence electrons. The summed E-state index contributed by atoms with van der Waals surface area (Å²) in [6, 6.07) is 10.9. The highest BCUT2D eigenvalue weighted by Crippen LogP contribution is 2.29. The Morgan fingerprint density at radius 1 is 1.12 bits per heavy atom. The molecule has 18 heteroatoms. The van der Waals surface area contributed by atoms with Crippen molar-refractivity contribution in [2.24, 2.45) is 10.1 Å². The number of hydrogen-bond donors (Lipinski definition) is 4. The summed E-state index contributed by atoms with van der Waals surface area (Å²) in [6.07, 6.45) is 2.23. The van der Waals surface area contributed by atoms with Crippen LogP contribution in [0.4, 0.5) is 11.5 Å². The molecule has 4 rings (SSSR count). The van der Waals surface area contributed by atoms with Crippen LogP contribution in [-0.2, 0) is 33.8 Å². The van der Waals surface area contributed by atoms with Crippen LogP contribution in [0.15, 0.2) is 78.8 Å². The van der Waals surface area contributed by atoms with Gasteiger partial charge in [0.25, 0.3) is 21.6 Å². The molecule has 1 aromatic heterocycles. The Kier molecular flexibility index (Phi) is 8.81. The maximum atomic E-state index is 13.5. The van der Waals surface area contributed by atoms with Crippen LogP contribution in [0.1, 0.15) is 12.5 Å². The number of aromatic nitrogens is 2. The summed E-state index contributed by atoms with van der Waals surface area (Å²) in [4.78, 5) is 43.0. The highest BCUT2D eigenvalue weighted by Gasteiger charge is 2.32. The number of hydrogen-bond acceptors (Lipinski definition) is 12. The Bertz CT molecular complexity index is 1730. The molecule has 0 saturated carbocycles. The molecule has 0 aliphatic carbocycles. The van der Waals surface area contributed by atoms with Gasteiger partial charge < -0.3 is 10.1 Å². The van der Waals surface area contributed by atoms with Gasteiger partial charge in [0.15, 0.2) is 12.2 Å². The van der Waals surface area contributed by atoms with Crippen LogP contribution in [0.3, 0.4) is 0 Å². The lowest BCUT2D eigenvalue weighted by molar-refractivity contribution is -0.432. The Hall–Kier alpha value is -4.59. The molecule has 0 bridgehead atoms. The maximum absolute atomic E-state index is 13.5. The number of nitrogens with one attached hydrogen (secondary N) is 2. The number of anilines is 2. The van der Waals surface area contributed by atoms with Gasteiger partial charge in [-0.2, -0.15) is 18.4 Å². The molecular weight excluding hydrogens is 584 g/mol. The molecule has 0 unspecified atom stereocenters. The number of benzene rings is 2. The highest BCUT2D eigenvalue weighted by molar-refractivity contribution is 7.94. The number of amides is 2. The van der Waals surface area contributed by atoms with Crippen molar-refractivity contribution in [3.8, 4) is 5.69 Å². The van der Waals surface area contributed by atoms with Crippen LogP contribution in [0.5, 0.6) is 0 Å². The summed E-state index contributed by atoms with van der Waals surface area (Å²) >= 11 is 0.717. The minimum atomic E-state index is -4.47.